The number of hydrogen-bond donors (Lipinski definition) is 1. The predicted octanol–water partition coefficient (Wildman–Crippen LogP) is 1.26. The van der Waals surface area contributed by atoms with Crippen molar-refractivity contribution in [3.63, 3.8) is 0 Å². The van der Waals surface area contributed by atoms with Crippen LogP contribution in [0.2, 0.25) is 5.15 Å². The highest BCUT2D eigenvalue weighted by Gasteiger charge is 1.99. The van der Waals surface area contributed by atoms with Gasteiger partial charge in [0.05, 0.1) is 6.07 Å². The monoisotopic (exact) mass is 209 g/mol. The molecule has 1 aromatic heterocycles. The van der Waals surface area contributed by atoms with Crippen molar-refractivity contribution in [3.8, 4) is 6.07 Å². The van der Waals surface area contributed by atoms with Crippen molar-refractivity contribution < 1.29 is 4.79 Å². The van der Waals surface area contributed by atoms with Gasteiger partial charge in [0.25, 0.3) is 0 Å². The molecule has 0 radical (unpaired) electrons. The summed E-state index contributed by atoms with van der Waals surface area (Å²) in [6.07, 6.45) is 1.45. The van der Waals surface area contributed by atoms with Gasteiger partial charge in [-0.15, -0.1) is 0 Å². The number of nitrogens with one attached hydrogen (secondary N) is 1. The predicted molar refractivity (Wildman–Crippen MR) is 51.3 cm³/mol. The summed E-state index contributed by atoms with van der Waals surface area (Å²) in [7, 11) is 0. The first-order valence-electron chi connectivity index (χ1n) is 3.96. The number of nitriles is 1. The Kier molecular flexibility index (Phi) is 3.89. The lowest BCUT2D eigenvalue weighted by Gasteiger charge is -2.01. The second-order valence-corrected chi connectivity index (χ2v) is 2.99. The highest BCUT2D eigenvalue weighted by Crippen LogP contribution is 2.04. The maximum absolute atomic E-state index is 10.9. The summed E-state index contributed by atoms with van der Waals surface area (Å²) >= 11 is 5.58. The molecule has 4 nitrogen and oxygen atoms in total. The van der Waals surface area contributed by atoms with Crippen LogP contribution in [0.4, 0.5) is 0 Å². The molecule has 0 bridgehead atoms. The minimum atomic E-state index is -0.289. The van der Waals surface area contributed by atoms with E-state index in [2.05, 4.69) is 10.3 Å². The van der Waals surface area contributed by atoms with E-state index < -0.39 is 0 Å². The van der Waals surface area contributed by atoms with Crippen LogP contribution in [0.25, 0.3) is 0 Å². The maximum atomic E-state index is 10.9. The van der Waals surface area contributed by atoms with Crippen molar-refractivity contribution in [3.05, 3.63) is 29.0 Å². The zero-order valence-corrected chi connectivity index (χ0v) is 8.08. The van der Waals surface area contributed by atoms with E-state index in [9.17, 15) is 4.79 Å². The van der Waals surface area contributed by atoms with Gasteiger partial charge in [0.15, 0.2) is 0 Å². The second kappa shape index (κ2) is 5.20. The molecule has 1 N–H and O–H groups in total. The van der Waals surface area contributed by atoms with Gasteiger partial charge in [0.2, 0.25) is 5.91 Å². The number of amides is 1. The zero-order chi connectivity index (χ0) is 10.4. The summed E-state index contributed by atoms with van der Waals surface area (Å²) in [5.74, 6) is -0.289. The highest BCUT2D eigenvalue weighted by molar-refractivity contribution is 6.29. The number of hydrogen-bond acceptors (Lipinski definition) is 3. The van der Waals surface area contributed by atoms with Gasteiger partial charge in [-0.05, 0) is 11.6 Å². The normalized spacial score (nSPS) is 9.14. The van der Waals surface area contributed by atoms with Gasteiger partial charge in [-0.2, -0.15) is 5.26 Å². The molecule has 0 aliphatic heterocycles. The SMILES string of the molecule is N#CCC(=O)NCc1ccc(Cl)nc1. The van der Waals surface area contributed by atoms with Gasteiger partial charge in [0.1, 0.15) is 11.6 Å². The number of carbonyl (C=O) groups excluding carboxylic acids is 1. The third-order valence-corrected chi connectivity index (χ3v) is 1.74. The van der Waals surface area contributed by atoms with Gasteiger partial charge in [-0.25, -0.2) is 4.98 Å². The minimum absolute atomic E-state index is 0.124. The fraction of sp³-hybridized carbons (Fsp3) is 0.222. The van der Waals surface area contributed by atoms with Crippen molar-refractivity contribution in [2.75, 3.05) is 0 Å². The van der Waals surface area contributed by atoms with Gasteiger partial charge < -0.3 is 5.32 Å². The Bertz CT molecular complexity index is 355. The van der Waals surface area contributed by atoms with Crippen LogP contribution in [0.1, 0.15) is 12.0 Å². The first kappa shape index (κ1) is 10.5. The van der Waals surface area contributed by atoms with Crippen molar-refractivity contribution >= 4 is 17.5 Å². The molecule has 0 aliphatic rings. The zero-order valence-electron chi connectivity index (χ0n) is 7.33. The molecule has 1 rings (SSSR count). The Hall–Kier alpha value is -1.60. The van der Waals surface area contributed by atoms with Crippen LogP contribution in [0.5, 0.6) is 0 Å². The van der Waals surface area contributed by atoms with Crippen molar-refractivity contribution in [2.24, 2.45) is 0 Å². The molecule has 0 aliphatic carbocycles. The molecule has 0 saturated heterocycles. The smallest absolute Gasteiger partial charge is 0.234 e. The van der Waals surface area contributed by atoms with Gasteiger partial charge in [-0.3, -0.25) is 4.79 Å². The largest absolute Gasteiger partial charge is 0.351 e. The first-order chi connectivity index (χ1) is 6.72. The van der Waals surface area contributed by atoms with Crippen molar-refractivity contribution in [1.82, 2.24) is 10.3 Å². The summed E-state index contributed by atoms with van der Waals surface area (Å²) in [4.78, 5) is 14.8. The molecule has 72 valence electrons. The van der Waals surface area contributed by atoms with E-state index in [-0.39, 0.29) is 12.3 Å². The lowest BCUT2D eigenvalue weighted by molar-refractivity contribution is -0.120. The number of nitrogens with zero attached hydrogens (tertiary/aromatic N) is 2. The van der Waals surface area contributed by atoms with Crippen LogP contribution >= 0.6 is 11.6 Å². The van der Waals surface area contributed by atoms with E-state index in [4.69, 9.17) is 16.9 Å². The van der Waals surface area contributed by atoms with Crippen LogP contribution in [0.3, 0.4) is 0 Å². The van der Waals surface area contributed by atoms with E-state index in [0.29, 0.717) is 11.7 Å². The standard InChI is InChI=1S/C9H8ClN3O/c10-8-2-1-7(5-12-8)6-13-9(14)3-4-11/h1-2,5H,3,6H2,(H,13,14). The van der Waals surface area contributed by atoms with Crippen LogP contribution in [-0.2, 0) is 11.3 Å². The molecular formula is C9H8ClN3O. The van der Waals surface area contributed by atoms with Gasteiger partial charge in [0, 0.05) is 12.7 Å². The highest BCUT2D eigenvalue weighted by atomic mass is 35.5. The lowest BCUT2D eigenvalue weighted by Crippen LogP contribution is -2.21. The van der Waals surface area contributed by atoms with Gasteiger partial charge >= 0.3 is 0 Å². The Morgan fingerprint density at radius 3 is 3.00 bits per heavy atom. The average Bonchev–Trinajstić information content (AvgIpc) is 2.17. The van der Waals surface area contributed by atoms with Crippen LogP contribution in [0, 0.1) is 11.3 Å². The lowest BCUT2D eigenvalue weighted by atomic mass is 10.3. The number of aromatic nitrogens is 1. The van der Waals surface area contributed by atoms with E-state index in [1.165, 1.54) is 0 Å². The van der Waals surface area contributed by atoms with Crippen molar-refractivity contribution in [2.45, 2.75) is 13.0 Å². The Morgan fingerprint density at radius 2 is 2.43 bits per heavy atom. The number of rotatable bonds is 3. The number of carbonyl (C=O) groups is 1. The Balaban J connectivity index is 2.43. The Morgan fingerprint density at radius 1 is 1.64 bits per heavy atom. The van der Waals surface area contributed by atoms with Crippen LogP contribution in [-0.4, -0.2) is 10.9 Å². The molecule has 0 fully saturated rings. The van der Waals surface area contributed by atoms with E-state index >= 15 is 0 Å². The molecule has 0 atom stereocenters. The Labute approximate surface area is 86.5 Å². The molecule has 0 saturated carbocycles. The van der Waals surface area contributed by atoms with E-state index in [1.807, 2.05) is 0 Å². The number of halogens is 1. The molecule has 0 aromatic carbocycles. The summed E-state index contributed by atoms with van der Waals surface area (Å²) in [5.41, 5.74) is 0.848. The molecule has 0 spiro atoms. The summed E-state index contributed by atoms with van der Waals surface area (Å²) in [5, 5.41) is 11.2. The summed E-state index contributed by atoms with van der Waals surface area (Å²) in [6, 6.07) is 5.18. The van der Waals surface area contributed by atoms with Crippen LogP contribution < -0.4 is 5.32 Å². The second-order valence-electron chi connectivity index (χ2n) is 2.60. The molecule has 0 unspecified atom stereocenters. The third-order valence-electron chi connectivity index (χ3n) is 1.52. The number of pyridine rings is 1. The minimum Gasteiger partial charge on any atom is -0.351 e. The molecule has 1 aromatic rings. The fourth-order valence-corrected chi connectivity index (χ4v) is 0.958. The van der Waals surface area contributed by atoms with Crippen molar-refractivity contribution in [1.29, 1.82) is 5.26 Å². The maximum Gasteiger partial charge on any atom is 0.234 e. The van der Waals surface area contributed by atoms with E-state index in [1.54, 1.807) is 24.4 Å². The molecule has 1 heterocycles. The first-order valence-corrected chi connectivity index (χ1v) is 4.34. The summed E-state index contributed by atoms with van der Waals surface area (Å²) < 4.78 is 0. The van der Waals surface area contributed by atoms with Gasteiger partial charge in [-0.1, -0.05) is 17.7 Å². The molecule has 5 heteroatoms. The topological polar surface area (TPSA) is 65.8 Å². The third kappa shape index (κ3) is 3.42. The van der Waals surface area contributed by atoms with Crippen LogP contribution in [0.15, 0.2) is 18.3 Å². The molecule has 14 heavy (non-hydrogen) atoms. The summed E-state index contributed by atoms with van der Waals surface area (Å²) in [6.45, 7) is 0.366. The molecular weight excluding hydrogens is 202 g/mol. The molecule has 1 amide bonds. The fourth-order valence-electron chi connectivity index (χ4n) is 0.846. The van der Waals surface area contributed by atoms with E-state index in [0.717, 1.165) is 5.56 Å². The quantitative estimate of drug-likeness (QED) is 0.763. The average molecular weight is 210 g/mol.